The second-order valence-corrected chi connectivity index (χ2v) is 5.30. The zero-order chi connectivity index (χ0) is 11.8. The Morgan fingerprint density at radius 1 is 1.38 bits per heavy atom. The van der Waals surface area contributed by atoms with Gasteiger partial charge in [-0.15, -0.1) is 0 Å². The molecule has 1 aliphatic rings. The molecule has 1 aromatic rings. The molecule has 88 valence electrons. The van der Waals surface area contributed by atoms with Crippen molar-refractivity contribution in [2.75, 3.05) is 13.7 Å². The molecule has 0 saturated heterocycles. The van der Waals surface area contributed by atoms with E-state index in [1.807, 2.05) is 6.07 Å². The molecular formula is C12H15Cl2NO. The quantitative estimate of drug-likeness (QED) is 0.901. The van der Waals surface area contributed by atoms with Gasteiger partial charge in [0, 0.05) is 5.02 Å². The summed E-state index contributed by atoms with van der Waals surface area (Å²) in [6.07, 6.45) is 3.25. The molecule has 2 rings (SSSR count). The van der Waals surface area contributed by atoms with Crippen LogP contribution in [0.1, 0.15) is 18.4 Å². The lowest BCUT2D eigenvalue weighted by molar-refractivity contribution is 0.402. The molecule has 0 unspecified atom stereocenters. The van der Waals surface area contributed by atoms with Gasteiger partial charge in [-0.05, 0) is 48.9 Å². The van der Waals surface area contributed by atoms with E-state index in [0.717, 1.165) is 17.7 Å². The van der Waals surface area contributed by atoms with Crippen molar-refractivity contribution in [1.82, 2.24) is 0 Å². The Hall–Kier alpha value is -0.440. The molecular weight excluding hydrogens is 245 g/mol. The summed E-state index contributed by atoms with van der Waals surface area (Å²) in [5, 5.41) is 1.21. The Kier molecular flexibility index (Phi) is 3.34. The molecule has 2 nitrogen and oxygen atoms in total. The second-order valence-electron chi connectivity index (χ2n) is 4.46. The minimum atomic E-state index is 0.251. The van der Waals surface area contributed by atoms with E-state index in [4.69, 9.17) is 33.7 Å². The van der Waals surface area contributed by atoms with Crippen LogP contribution >= 0.6 is 23.2 Å². The molecule has 16 heavy (non-hydrogen) atoms. The molecule has 4 heteroatoms. The van der Waals surface area contributed by atoms with Crippen molar-refractivity contribution < 1.29 is 4.74 Å². The predicted molar refractivity (Wildman–Crippen MR) is 67.4 cm³/mol. The van der Waals surface area contributed by atoms with Crippen molar-refractivity contribution in [2.24, 2.45) is 11.1 Å². The summed E-state index contributed by atoms with van der Waals surface area (Å²) in [7, 11) is 1.63. The first-order valence-electron chi connectivity index (χ1n) is 5.32. The third-order valence-corrected chi connectivity index (χ3v) is 3.74. The van der Waals surface area contributed by atoms with Crippen LogP contribution in [-0.4, -0.2) is 13.7 Å². The first-order chi connectivity index (χ1) is 7.60. The Bertz CT molecular complexity index is 402. The molecule has 0 atom stereocenters. The lowest BCUT2D eigenvalue weighted by Crippen LogP contribution is -2.18. The van der Waals surface area contributed by atoms with E-state index >= 15 is 0 Å². The van der Waals surface area contributed by atoms with Crippen LogP contribution < -0.4 is 10.5 Å². The highest BCUT2D eigenvalue weighted by Gasteiger charge is 2.41. The summed E-state index contributed by atoms with van der Waals surface area (Å²) < 4.78 is 5.32. The molecule has 1 saturated carbocycles. The average molecular weight is 260 g/mol. The largest absolute Gasteiger partial charge is 0.495 e. The first kappa shape index (κ1) is 12.0. The predicted octanol–water partition coefficient (Wildman–Crippen LogP) is 3.28. The topological polar surface area (TPSA) is 35.2 Å². The summed E-state index contributed by atoms with van der Waals surface area (Å²) in [5.74, 6) is 0.728. The first-order valence-corrected chi connectivity index (χ1v) is 6.08. The molecule has 0 bridgehead atoms. The Labute approximate surface area is 106 Å². The highest BCUT2D eigenvalue weighted by molar-refractivity contribution is 6.35. The van der Waals surface area contributed by atoms with Gasteiger partial charge in [-0.25, -0.2) is 0 Å². The molecule has 0 aliphatic heterocycles. The maximum Gasteiger partial charge on any atom is 0.140 e. The van der Waals surface area contributed by atoms with Crippen LogP contribution in [0.4, 0.5) is 0 Å². The van der Waals surface area contributed by atoms with Crippen molar-refractivity contribution in [2.45, 2.75) is 19.3 Å². The third kappa shape index (κ3) is 2.29. The number of benzene rings is 1. The molecule has 1 aliphatic carbocycles. The molecule has 0 spiro atoms. The van der Waals surface area contributed by atoms with Crippen LogP contribution in [0.3, 0.4) is 0 Å². The van der Waals surface area contributed by atoms with Gasteiger partial charge in [0.1, 0.15) is 5.75 Å². The monoisotopic (exact) mass is 259 g/mol. The maximum atomic E-state index is 6.09. The van der Waals surface area contributed by atoms with Crippen molar-refractivity contribution in [3.8, 4) is 5.75 Å². The van der Waals surface area contributed by atoms with E-state index < -0.39 is 0 Å². The normalized spacial score (nSPS) is 17.2. The zero-order valence-corrected chi connectivity index (χ0v) is 10.7. The van der Waals surface area contributed by atoms with Gasteiger partial charge in [0.2, 0.25) is 0 Å². The van der Waals surface area contributed by atoms with Gasteiger partial charge in [-0.2, -0.15) is 0 Å². The van der Waals surface area contributed by atoms with Crippen molar-refractivity contribution in [3.05, 3.63) is 27.7 Å². The number of hydrogen-bond acceptors (Lipinski definition) is 2. The summed E-state index contributed by atoms with van der Waals surface area (Å²) in [6.45, 7) is 0.709. The van der Waals surface area contributed by atoms with Gasteiger partial charge >= 0.3 is 0 Å². The Morgan fingerprint density at radius 3 is 2.56 bits per heavy atom. The average Bonchev–Trinajstić information content (AvgIpc) is 2.98. The number of rotatable bonds is 4. The molecule has 0 amide bonds. The maximum absolute atomic E-state index is 6.09. The van der Waals surface area contributed by atoms with E-state index in [1.165, 1.54) is 12.8 Å². The second kappa shape index (κ2) is 4.44. The summed E-state index contributed by atoms with van der Waals surface area (Å²) in [5.41, 5.74) is 7.09. The zero-order valence-electron chi connectivity index (χ0n) is 9.22. The van der Waals surface area contributed by atoms with Crippen LogP contribution in [0.5, 0.6) is 5.75 Å². The van der Waals surface area contributed by atoms with E-state index in [9.17, 15) is 0 Å². The molecule has 2 N–H and O–H groups in total. The van der Waals surface area contributed by atoms with E-state index in [2.05, 4.69) is 0 Å². The third-order valence-electron chi connectivity index (χ3n) is 3.24. The van der Waals surface area contributed by atoms with Crippen molar-refractivity contribution in [3.63, 3.8) is 0 Å². The summed E-state index contributed by atoms with van der Waals surface area (Å²) >= 11 is 12.1. The summed E-state index contributed by atoms with van der Waals surface area (Å²) in [6, 6.07) is 3.62. The fourth-order valence-corrected chi connectivity index (χ4v) is 2.62. The number of hydrogen-bond donors (Lipinski definition) is 1. The van der Waals surface area contributed by atoms with Crippen molar-refractivity contribution in [1.29, 1.82) is 0 Å². The standard InChI is InChI=1S/C12H15Cl2NO/c1-16-11-8(4-9(13)5-10(11)14)6-12(7-15)2-3-12/h4-5H,2-3,6-7,15H2,1H3. The van der Waals surface area contributed by atoms with Gasteiger partial charge in [0.15, 0.2) is 0 Å². The van der Waals surface area contributed by atoms with Gasteiger partial charge in [0.25, 0.3) is 0 Å². The minimum absolute atomic E-state index is 0.251. The molecule has 0 aromatic heterocycles. The SMILES string of the molecule is COc1c(Cl)cc(Cl)cc1CC1(CN)CC1. The lowest BCUT2D eigenvalue weighted by atomic mass is 9.96. The van der Waals surface area contributed by atoms with E-state index in [0.29, 0.717) is 16.6 Å². The van der Waals surface area contributed by atoms with Gasteiger partial charge in [-0.1, -0.05) is 23.2 Å². The number of halogens is 2. The number of ether oxygens (including phenoxy) is 1. The minimum Gasteiger partial charge on any atom is -0.495 e. The van der Waals surface area contributed by atoms with Gasteiger partial charge < -0.3 is 10.5 Å². The van der Waals surface area contributed by atoms with Crippen LogP contribution in [0.15, 0.2) is 12.1 Å². The van der Waals surface area contributed by atoms with Crippen molar-refractivity contribution >= 4 is 23.2 Å². The molecule has 1 fully saturated rings. The van der Waals surface area contributed by atoms with Crippen LogP contribution in [0, 0.1) is 5.41 Å². The highest BCUT2D eigenvalue weighted by Crippen LogP contribution is 2.49. The smallest absolute Gasteiger partial charge is 0.140 e. The molecule has 1 aromatic carbocycles. The molecule has 0 heterocycles. The fraction of sp³-hybridized carbons (Fsp3) is 0.500. The number of methoxy groups -OCH3 is 1. The van der Waals surface area contributed by atoms with Crippen LogP contribution in [0.2, 0.25) is 10.0 Å². The number of nitrogens with two attached hydrogens (primary N) is 1. The lowest BCUT2D eigenvalue weighted by Gasteiger charge is -2.16. The Morgan fingerprint density at radius 2 is 2.06 bits per heavy atom. The molecule has 0 radical (unpaired) electrons. The fourth-order valence-electron chi connectivity index (χ4n) is 2.01. The highest BCUT2D eigenvalue weighted by atomic mass is 35.5. The van der Waals surface area contributed by atoms with Crippen LogP contribution in [-0.2, 0) is 6.42 Å². The van der Waals surface area contributed by atoms with E-state index in [1.54, 1.807) is 13.2 Å². The summed E-state index contributed by atoms with van der Waals surface area (Å²) in [4.78, 5) is 0. The van der Waals surface area contributed by atoms with E-state index in [-0.39, 0.29) is 5.41 Å². The van der Waals surface area contributed by atoms with Crippen LogP contribution in [0.25, 0.3) is 0 Å². The van der Waals surface area contributed by atoms with Gasteiger partial charge in [-0.3, -0.25) is 0 Å². The van der Waals surface area contributed by atoms with Gasteiger partial charge in [0.05, 0.1) is 12.1 Å². The Balaban J connectivity index is 2.31.